The van der Waals surface area contributed by atoms with E-state index in [-0.39, 0.29) is 5.95 Å². The summed E-state index contributed by atoms with van der Waals surface area (Å²) in [6.07, 6.45) is 3.29. The Hall–Kier alpha value is -1.49. The molecule has 0 fully saturated rings. The minimum Gasteiger partial charge on any atom is -0.468 e. The van der Waals surface area contributed by atoms with Crippen molar-refractivity contribution in [3.63, 3.8) is 0 Å². The minimum absolute atomic E-state index is 0.288. The number of hydrogen-bond acceptors (Lipinski definition) is 5. The minimum atomic E-state index is 0.288. The molecule has 72 valence electrons. The summed E-state index contributed by atoms with van der Waals surface area (Å²) in [5, 5.41) is 0.821. The third-order valence-corrected chi connectivity index (χ3v) is 2.75. The highest BCUT2D eigenvalue weighted by atomic mass is 32.2. The first-order valence-corrected chi connectivity index (χ1v) is 4.88. The molecule has 0 atom stereocenters. The fraction of sp³-hybridized carbons (Fsp3) is 0.111. The molecule has 0 bridgehead atoms. The molecule has 2 rings (SSSR count). The molecule has 0 aromatic carbocycles. The fourth-order valence-electron chi connectivity index (χ4n) is 1.01. The van der Waals surface area contributed by atoms with Crippen molar-refractivity contribution in [3.8, 4) is 0 Å². The largest absolute Gasteiger partial charge is 0.468 e. The van der Waals surface area contributed by atoms with Gasteiger partial charge in [-0.2, -0.15) is 0 Å². The fourth-order valence-corrected chi connectivity index (χ4v) is 1.81. The Morgan fingerprint density at radius 3 is 2.93 bits per heavy atom. The number of nitrogens with two attached hydrogens (primary N) is 1. The highest BCUT2D eigenvalue weighted by Gasteiger charge is 2.04. The number of anilines is 1. The van der Waals surface area contributed by atoms with Crippen LogP contribution < -0.4 is 5.73 Å². The molecule has 2 N–H and O–H groups in total. The molecule has 4 nitrogen and oxygen atoms in total. The smallest absolute Gasteiger partial charge is 0.221 e. The number of furan rings is 1. The molecular formula is C9H9N3OS. The summed E-state index contributed by atoms with van der Waals surface area (Å²) in [5.41, 5.74) is 5.47. The van der Waals surface area contributed by atoms with E-state index in [2.05, 4.69) is 9.97 Å². The zero-order valence-electron chi connectivity index (χ0n) is 7.60. The van der Waals surface area contributed by atoms with Gasteiger partial charge in [0.1, 0.15) is 10.8 Å². The molecule has 2 aromatic rings. The Bertz CT molecular complexity index is 441. The molecular weight excluding hydrogens is 198 g/mol. The molecule has 0 aliphatic rings. The van der Waals surface area contributed by atoms with E-state index in [1.807, 2.05) is 19.1 Å². The molecule has 0 aliphatic heterocycles. The summed E-state index contributed by atoms with van der Waals surface area (Å²) in [7, 11) is 0. The van der Waals surface area contributed by atoms with Gasteiger partial charge >= 0.3 is 0 Å². The summed E-state index contributed by atoms with van der Waals surface area (Å²) in [4.78, 5) is 8.94. The standard InChI is InChI=1S/C9H9N3OS/c1-6-7(3-5-13-6)14-8-2-4-11-9(10)12-8/h2-5H,1H3,(H2,10,11,12). The maximum Gasteiger partial charge on any atom is 0.221 e. The number of nitrogens with zero attached hydrogens (tertiary/aromatic N) is 2. The van der Waals surface area contributed by atoms with Crippen LogP contribution in [-0.4, -0.2) is 9.97 Å². The van der Waals surface area contributed by atoms with Gasteiger partial charge in [-0.15, -0.1) is 0 Å². The van der Waals surface area contributed by atoms with Crippen LogP contribution >= 0.6 is 11.8 Å². The van der Waals surface area contributed by atoms with Crippen LogP contribution in [0.2, 0.25) is 0 Å². The van der Waals surface area contributed by atoms with Crippen LogP contribution in [0.3, 0.4) is 0 Å². The summed E-state index contributed by atoms with van der Waals surface area (Å²) >= 11 is 1.51. The molecule has 2 aromatic heterocycles. The lowest BCUT2D eigenvalue weighted by atomic mass is 10.5. The van der Waals surface area contributed by atoms with Crippen molar-refractivity contribution in [1.82, 2.24) is 9.97 Å². The zero-order chi connectivity index (χ0) is 9.97. The monoisotopic (exact) mass is 207 g/mol. The predicted molar refractivity (Wildman–Crippen MR) is 54.0 cm³/mol. The molecule has 0 saturated carbocycles. The topological polar surface area (TPSA) is 64.9 Å². The molecule has 5 heteroatoms. The molecule has 2 heterocycles. The maximum absolute atomic E-state index is 5.47. The van der Waals surface area contributed by atoms with Gasteiger partial charge < -0.3 is 10.2 Å². The average Bonchev–Trinajstić information content (AvgIpc) is 2.52. The van der Waals surface area contributed by atoms with Crippen molar-refractivity contribution >= 4 is 17.7 Å². The number of aromatic nitrogens is 2. The normalized spacial score (nSPS) is 10.4. The van der Waals surface area contributed by atoms with Crippen molar-refractivity contribution in [2.45, 2.75) is 16.8 Å². The van der Waals surface area contributed by atoms with Crippen LogP contribution in [0.4, 0.5) is 5.95 Å². The molecule has 0 radical (unpaired) electrons. The predicted octanol–water partition coefficient (Wildman–Crippen LogP) is 2.11. The SMILES string of the molecule is Cc1occc1Sc1ccnc(N)n1. The first kappa shape index (κ1) is 9.08. The van der Waals surface area contributed by atoms with E-state index in [1.165, 1.54) is 11.8 Å². The lowest BCUT2D eigenvalue weighted by Gasteiger charge is -1.98. The maximum atomic E-state index is 5.47. The molecule has 14 heavy (non-hydrogen) atoms. The van der Waals surface area contributed by atoms with Gasteiger partial charge in [0.25, 0.3) is 0 Å². The van der Waals surface area contributed by atoms with Crippen LogP contribution in [0.15, 0.2) is 38.9 Å². The zero-order valence-corrected chi connectivity index (χ0v) is 8.41. The number of nitrogen functional groups attached to an aromatic ring is 1. The highest BCUT2D eigenvalue weighted by Crippen LogP contribution is 2.29. The summed E-state index contributed by atoms with van der Waals surface area (Å²) < 4.78 is 5.17. The van der Waals surface area contributed by atoms with Gasteiger partial charge in [-0.25, -0.2) is 9.97 Å². The average molecular weight is 207 g/mol. The van der Waals surface area contributed by atoms with E-state index >= 15 is 0 Å². The summed E-state index contributed by atoms with van der Waals surface area (Å²) in [5.74, 6) is 1.17. The number of rotatable bonds is 2. The second-order valence-electron chi connectivity index (χ2n) is 2.70. The van der Waals surface area contributed by atoms with Crippen LogP contribution in [0, 0.1) is 6.92 Å². The Labute approximate surface area is 85.6 Å². The Balaban J connectivity index is 2.23. The van der Waals surface area contributed by atoms with Gasteiger partial charge in [-0.3, -0.25) is 0 Å². The highest BCUT2D eigenvalue weighted by molar-refractivity contribution is 7.99. The van der Waals surface area contributed by atoms with E-state index in [1.54, 1.807) is 12.5 Å². The molecule has 0 saturated heterocycles. The Morgan fingerprint density at radius 1 is 1.43 bits per heavy atom. The van der Waals surface area contributed by atoms with Crippen LogP contribution in [0.5, 0.6) is 0 Å². The first-order chi connectivity index (χ1) is 6.75. The second kappa shape index (κ2) is 3.71. The molecule has 0 unspecified atom stereocenters. The van der Waals surface area contributed by atoms with Crippen LogP contribution in [-0.2, 0) is 0 Å². The van der Waals surface area contributed by atoms with E-state index in [9.17, 15) is 0 Å². The third kappa shape index (κ3) is 1.88. The van der Waals surface area contributed by atoms with Gasteiger partial charge in [0.15, 0.2) is 0 Å². The second-order valence-corrected chi connectivity index (χ2v) is 3.76. The van der Waals surface area contributed by atoms with Crippen molar-refractivity contribution in [2.75, 3.05) is 5.73 Å². The third-order valence-electron chi connectivity index (χ3n) is 1.67. The van der Waals surface area contributed by atoms with Crippen LogP contribution in [0.1, 0.15) is 5.76 Å². The van der Waals surface area contributed by atoms with Gasteiger partial charge in [-0.05, 0) is 19.1 Å². The number of hydrogen-bond donors (Lipinski definition) is 1. The van der Waals surface area contributed by atoms with Gasteiger partial charge in [0.05, 0.1) is 11.2 Å². The summed E-state index contributed by atoms with van der Waals surface area (Å²) in [6, 6.07) is 3.71. The van der Waals surface area contributed by atoms with Crippen LogP contribution in [0.25, 0.3) is 0 Å². The quantitative estimate of drug-likeness (QED) is 0.764. The molecule has 0 amide bonds. The van der Waals surface area contributed by atoms with Gasteiger partial charge in [0.2, 0.25) is 5.95 Å². The first-order valence-electron chi connectivity index (χ1n) is 4.06. The van der Waals surface area contributed by atoms with E-state index in [4.69, 9.17) is 10.2 Å². The Kier molecular flexibility index (Phi) is 2.41. The van der Waals surface area contributed by atoms with Crippen molar-refractivity contribution in [2.24, 2.45) is 0 Å². The number of aryl methyl sites for hydroxylation is 1. The molecule has 0 aliphatic carbocycles. The lowest BCUT2D eigenvalue weighted by Crippen LogP contribution is -1.93. The van der Waals surface area contributed by atoms with Crippen molar-refractivity contribution in [1.29, 1.82) is 0 Å². The van der Waals surface area contributed by atoms with E-state index in [0.29, 0.717) is 0 Å². The molecule has 0 spiro atoms. The summed E-state index contributed by atoms with van der Waals surface area (Å²) in [6.45, 7) is 1.91. The van der Waals surface area contributed by atoms with E-state index in [0.717, 1.165) is 15.7 Å². The van der Waals surface area contributed by atoms with Gasteiger partial charge in [-0.1, -0.05) is 11.8 Å². The van der Waals surface area contributed by atoms with Gasteiger partial charge in [0, 0.05) is 6.20 Å². The van der Waals surface area contributed by atoms with E-state index < -0.39 is 0 Å². The van der Waals surface area contributed by atoms with Crippen molar-refractivity contribution < 1.29 is 4.42 Å². The van der Waals surface area contributed by atoms with Crippen molar-refractivity contribution in [3.05, 3.63) is 30.4 Å². The lowest BCUT2D eigenvalue weighted by molar-refractivity contribution is 0.527. The Morgan fingerprint density at radius 2 is 2.29 bits per heavy atom.